The van der Waals surface area contributed by atoms with Gasteiger partial charge in [-0.05, 0) is 41.2 Å². The second kappa shape index (κ2) is 8.10. The lowest BCUT2D eigenvalue weighted by molar-refractivity contribution is -0.0498. The van der Waals surface area contributed by atoms with Crippen LogP contribution in [0.25, 0.3) is 0 Å². The molecule has 0 aliphatic heterocycles. The van der Waals surface area contributed by atoms with Gasteiger partial charge in [-0.1, -0.05) is 52.0 Å². The summed E-state index contributed by atoms with van der Waals surface area (Å²) in [5.74, 6) is 0.0867. The van der Waals surface area contributed by atoms with E-state index in [0.29, 0.717) is 0 Å². The fourth-order valence-electron chi connectivity index (χ4n) is 2.69. The van der Waals surface area contributed by atoms with Crippen LogP contribution in [0.3, 0.4) is 0 Å². The van der Waals surface area contributed by atoms with E-state index in [-0.39, 0.29) is 29.1 Å². The fourth-order valence-corrected chi connectivity index (χ4v) is 2.69. The smallest absolute Gasteiger partial charge is 0.387 e. The van der Waals surface area contributed by atoms with Gasteiger partial charge in [-0.15, -0.1) is 0 Å². The first-order chi connectivity index (χ1) is 11.8. The van der Waals surface area contributed by atoms with Gasteiger partial charge in [0.1, 0.15) is 5.75 Å². The van der Waals surface area contributed by atoms with E-state index in [2.05, 4.69) is 37.7 Å². The summed E-state index contributed by atoms with van der Waals surface area (Å²) in [6.07, 6.45) is 0. The minimum atomic E-state index is -2.92. The van der Waals surface area contributed by atoms with Crippen molar-refractivity contribution in [1.29, 1.82) is 0 Å². The minimum Gasteiger partial charge on any atom is -0.435 e. The first-order valence-corrected chi connectivity index (χ1v) is 8.28. The monoisotopic (exact) mass is 347 g/mol. The van der Waals surface area contributed by atoms with Gasteiger partial charge < -0.3 is 10.1 Å². The van der Waals surface area contributed by atoms with Crippen molar-refractivity contribution in [2.24, 2.45) is 0 Å². The molecule has 25 heavy (non-hydrogen) atoms. The van der Waals surface area contributed by atoms with E-state index in [0.717, 1.165) is 16.8 Å². The summed E-state index contributed by atoms with van der Waals surface area (Å²) in [5, 5.41) is 2.96. The summed E-state index contributed by atoms with van der Waals surface area (Å²) >= 11 is 0. The predicted octanol–water partition coefficient (Wildman–Crippen LogP) is 5.79. The van der Waals surface area contributed by atoms with E-state index in [1.165, 1.54) is 18.2 Å². The maximum atomic E-state index is 12.6. The highest BCUT2D eigenvalue weighted by atomic mass is 19.3. The summed E-state index contributed by atoms with van der Waals surface area (Å²) in [5.41, 5.74) is 3.14. The van der Waals surface area contributed by atoms with E-state index in [4.69, 9.17) is 0 Å². The number of amides is 1. The van der Waals surface area contributed by atoms with Crippen molar-refractivity contribution in [3.8, 4) is 5.75 Å². The Morgan fingerprint density at radius 1 is 0.960 bits per heavy atom. The van der Waals surface area contributed by atoms with Gasteiger partial charge in [0.05, 0.1) is 0 Å². The molecular weight excluding hydrogens is 324 g/mol. The molecule has 0 aliphatic carbocycles. The molecule has 0 heterocycles. The van der Waals surface area contributed by atoms with Crippen LogP contribution in [0.1, 0.15) is 61.0 Å². The third kappa shape index (κ3) is 4.78. The topological polar surface area (TPSA) is 38.3 Å². The number of carbonyl (C=O) groups excluding carboxylic acids is 1. The third-order valence-electron chi connectivity index (χ3n) is 3.93. The standard InChI is InChI=1S/C20H23F2NO2/c1-12(2)16-9-6-10-17(13(3)4)18(16)23-19(24)14-7-5-8-15(11-14)25-20(21)22/h5-13,20H,1-4H3,(H,23,24). The number of halogens is 2. The molecule has 0 spiro atoms. The first-order valence-electron chi connectivity index (χ1n) is 8.28. The van der Waals surface area contributed by atoms with Crippen LogP contribution in [-0.4, -0.2) is 12.5 Å². The summed E-state index contributed by atoms with van der Waals surface area (Å²) in [6.45, 7) is 5.32. The molecule has 2 aromatic carbocycles. The summed E-state index contributed by atoms with van der Waals surface area (Å²) in [4.78, 5) is 12.6. The molecule has 0 radical (unpaired) electrons. The van der Waals surface area contributed by atoms with Crippen molar-refractivity contribution in [2.75, 3.05) is 5.32 Å². The Balaban J connectivity index is 2.35. The Morgan fingerprint density at radius 2 is 1.52 bits per heavy atom. The predicted molar refractivity (Wildman–Crippen MR) is 95.6 cm³/mol. The van der Waals surface area contributed by atoms with E-state index in [1.807, 2.05) is 18.2 Å². The van der Waals surface area contributed by atoms with Crippen LogP contribution >= 0.6 is 0 Å². The van der Waals surface area contributed by atoms with E-state index < -0.39 is 6.61 Å². The van der Waals surface area contributed by atoms with Crippen molar-refractivity contribution in [3.05, 3.63) is 59.2 Å². The molecule has 0 aromatic heterocycles. The van der Waals surface area contributed by atoms with Gasteiger partial charge in [-0.2, -0.15) is 8.78 Å². The lowest BCUT2D eigenvalue weighted by Gasteiger charge is -2.20. The van der Waals surface area contributed by atoms with Crippen LogP contribution in [0.4, 0.5) is 14.5 Å². The maximum absolute atomic E-state index is 12.6. The highest BCUT2D eigenvalue weighted by molar-refractivity contribution is 6.05. The zero-order chi connectivity index (χ0) is 18.6. The normalized spacial score (nSPS) is 11.2. The Labute approximate surface area is 147 Å². The van der Waals surface area contributed by atoms with Crippen LogP contribution in [0.2, 0.25) is 0 Å². The molecule has 0 bridgehead atoms. The zero-order valence-corrected chi connectivity index (χ0v) is 14.8. The third-order valence-corrected chi connectivity index (χ3v) is 3.93. The molecule has 0 atom stereocenters. The number of ether oxygens (including phenoxy) is 1. The van der Waals surface area contributed by atoms with E-state index in [1.54, 1.807) is 6.07 Å². The van der Waals surface area contributed by atoms with Crippen LogP contribution in [0.15, 0.2) is 42.5 Å². The molecule has 2 rings (SSSR count). The molecule has 134 valence electrons. The van der Waals surface area contributed by atoms with Gasteiger partial charge in [0.2, 0.25) is 0 Å². The fraction of sp³-hybridized carbons (Fsp3) is 0.350. The molecule has 0 unspecified atom stereocenters. The van der Waals surface area contributed by atoms with Gasteiger partial charge in [-0.25, -0.2) is 0 Å². The molecule has 0 fully saturated rings. The Kier molecular flexibility index (Phi) is 6.12. The van der Waals surface area contributed by atoms with Crippen LogP contribution in [0.5, 0.6) is 5.75 Å². The van der Waals surface area contributed by atoms with E-state index >= 15 is 0 Å². The second-order valence-corrected chi connectivity index (χ2v) is 6.48. The summed E-state index contributed by atoms with van der Waals surface area (Å²) in [7, 11) is 0. The molecule has 3 nitrogen and oxygen atoms in total. The van der Waals surface area contributed by atoms with Crippen molar-refractivity contribution < 1.29 is 18.3 Å². The molecule has 1 N–H and O–H groups in total. The molecule has 0 aliphatic rings. The largest absolute Gasteiger partial charge is 0.435 e. The van der Waals surface area contributed by atoms with Crippen LogP contribution in [-0.2, 0) is 0 Å². The number of alkyl halides is 2. The highest BCUT2D eigenvalue weighted by Gasteiger charge is 2.17. The van der Waals surface area contributed by atoms with Crippen LogP contribution < -0.4 is 10.1 Å². The Bertz CT molecular complexity index is 716. The lowest BCUT2D eigenvalue weighted by atomic mass is 9.92. The Morgan fingerprint density at radius 3 is 2.04 bits per heavy atom. The van der Waals surface area contributed by atoms with Crippen molar-refractivity contribution in [1.82, 2.24) is 0 Å². The number of anilines is 1. The maximum Gasteiger partial charge on any atom is 0.387 e. The quantitative estimate of drug-likeness (QED) is 0.718. The van der Waals surface area contributed by atoms with Crippen molar-refractivity contribution >= 4 is 11.6 Å². The van der Waals surface area contributed by atoms with Crippen LogP contribution in [0, 0.1) is 0 Å². The molecule has 1 amide bonds. The number of rotatable bonds is 6. The van der Waals surface area contributed by atoms with E-state index in [9.17, 15) is 13.6 Å². The van der Waals surface area contributed by atoms with Gasteiger partial charge >= 0.3 is 6.61 Å². The molecule has 0 saturated carbocycles. The van der Waals surface area contributed by atoms with Gasteiger partial charge in [0, 0.05) is 11.3 Å². The average molecular weight is 347 g/mol. The molecule has 0 saturated heterocycles. The van der Waals surface area contributed by atoms with Gasteiger partial charge in [0.15, 0.2) is 0 Å². The number of benzene rings is 2. The first kappa shape index (κ1) is 18.9. The number of hydrogen-bond donors (Lipinski definition) is 1. The molecule has 5 heteroatoms. The van der Waals surface area contributed by atoms with Gasteiger partial charge in [0.25, 0.3) is 5.91 Å². The van der Waals surface area contributed by atoms with Crippen molar-refractivity contribution in [2.45, 2.75) is 46.1 Å². The zero-order valence-electron chi connectivity index (χ0n) is 14.8. The minimum absolute atomic E-state index is 0.0381. The molecular formula is C20H23F2NO2. The van der Waals surface area contributed by atoms with Gasteiger partial charge in [-0.3, -0.25) is 4.79 Å². The number of hydrogen-bond acceptors (Lipinski definition) is 2. The number of para-hydroxylation sites is 1. The summed E-state index contributed by atoms with van der Waals surface area (Å²) in [6, 6.07) is 11.8. The van der Waals surface area contributed by atoms with Crippen molar-refractivity contribution in [3.63, 3.8) is 0 Å². The lowest BCUT2D eigenvalue weighted by Crippen LogP contribution is -2.16. The second-order valence-electron chi connectivity index (χ2n) is 6.48. The molecule has 2 aromatic rings. The highest BCUT2D eigenvalue weighted by Crippen LogP contribution is 2.32. The number of carbonyl (C=O) groups is 1. The SMILES string of the molecule is CC(C)c1cccc(C(C)C)c1NC(=O)c1cccc(OC(F)F)c1. The number of nitrogens with one attached hydrogen (secondary N) is 1. The Hall–Kier alpha value is -2.43. The summed E-state index contributed by atoms with van der Waals surface area (Å²) < 4.78 is 29.1. The average Bonchev–Trinajstić information content (AvgIpc) is 2.54.